The number of carbonyl (C=O) groups excluding carboxylic acids is 2. The summed E-state index contributed by atoms with van der Waals surface area (Å²) in [6.45, 7) is 4.54. The lowest BCUT2D eigenvalue weighted by molar-refractivity contribution is -0.177. The summed E-state index contributed by atoms with van der Waals surface area (Å²) in [7, 11) is 0. The first-order chi connectivity index (χ1) is 10.0. The second-order valence-electron chi connectivity index (χ2n) is 5.86. The largest absolute Gasteiger partial charge is 0.471 e. The van der Waals surface area contributed by atoms with Crippen LogP contribution in [0.15, 0.2) is 30.3 Å². The normalized spacial score (nSPS) is 13.4. The summed E-state index contributed by atoms with van der Waals surface area (Å²) in [6, 6.07) is 7.31. The molecule has 22 heavy (non-hydrogen) atoms. The molecule has 1 amide bonds. The predicted molar refractivity (Wildman–Crippen MR) is 73.7 cm³/mol. The molecule has 0 aliphatic carbocycles. The van der Waals surface area contributed by atoms with Gasteiger partial charge in [0, 0.05) is 0 Å². The van der Waals surface area contributed by atoms with Gasteiger partial charge in [0.2, 0.25) is 0 Å². The predicted octanol–water partition coefficient (Wildman–Crippen LogP) is 2.82. The van der Waals surface area contributed by atoms with Crippen LogP contribution in [0, 0.1) is 5.41 Å². The zero-order valence-electron chi connectivity index (χ0n) is 12.5. The Kier molecular flexibility index (Phi) is 5.57. The molecular weight excluding hydrogens is 299 g/mol. The van der Waals surface area contributed by atoms with Gasteiger partial charge in [0.1, 0.15) is 12.6 Å². The molecule has 4 nitrogen and oxygen atoms in total. The van der Waals surface area contributed by atoms with Crippen molar-refractivity contribution in [1.82, 2.24) is 5.32 Å². The maximum absolute atomic E-state index is 12.3. The van der Waals surface area contributed by atoms with E-state index < -0.39 is 29.5 Å². The number of ether oxygens (including phenoxy) is 1. The monoisotopic (exact) mass is 317 g/mol. The summed E-state index contributed by atoms with van der Waals surface area (Å²) in [6.07, 6.45) is -5.05. The molecule has 0 saturated carbocycles. The van der Waals surface area contributed by atoms with E-state index in [4.69, 9.17) is 4.74 Å². The molecule has 0 saturated heterocycles. The minimum atomic E-state index is -5.05. The van der Waals surface area contributed by atoms with Crippen molar-refractivity contribution in [3.63, 3.8) is 0 Å². The van der Waals surface area contributed by atoms with Crippen LogP contribution in [0.25, 0.3) is 0 Å². The Bertz CT molecular complexity index is 521. The van der Waals surface area contributed by atoms with Crippen LogP contribution in [0.5, 0.6) is 0 Å². The van der Waals surface area contributed by atoms with Crippen LogP contribution < -0.4 is 5.32 Å². The fraction of sp³-hybridized carbons (Fsp3) is 0.467. The number of nitrogens with one attached hydrogen (secondary N) is 1. The number of carbonyl (C=O) groups is 2. The lowest BCUT2D eigenvalue weighted by Gasteiger charge is -2.29. The fourth-order valence-electron chi connectivity index (χ4n) is 1.65. The molecule has 1 atom stereocenters. The smallest absolute Gasteiger partial charge is 0.459 e. The van der Waals surface area contributed by atoms with Gasteiger partial charge in [0.25, 0.3) is 0 Å². The Hall–Kier alpha value is -2.05. The van der Waals surface area contributed by atoms with Crippen molar-refractivity contribution in [2.75, 3.05) is 0 Å². The van der Waals surface area contributed by atoms with Crippen molar-refractivity contribution in [3.05, 3.63) is 35.9 Å². The maximum atomic E-state index is 12.3. The van der Waals surface area contributed by atoms with Crippen LogP contribution in [0.3, 0.4) is 0 Å². The minimum absolute atomic E-state index is 0.0753. The van der Waals surface area contributed by atoms with Gasteiger partial charge in [-0.05, 0) is 11.0 Å². The van der Waals surface area contributed by atoms with Crippen molar-refractivity contribution in [1.29, 1.82) is 0 Å². The van der Waals surface area contributed by atoms with Crippen molar-refractivity contribution in [2.24, 2.45) is 5.41 Å². The van der Waals surface area contributed by atoms with Crippen LogP contribution >= 0.6 is 0 Å². The molecule has 122 valence electrons. The van der Waals surface area contributed by atoms with Crippen molar-refractivity contribution in [2.45, 2.75) is 39.6 Å². The van der Waals surface area contributed by atoms with Gasteiger partial charge in [-0.3, -0.25) is 4.79 Å². The molecule has 1 aromatic rings. The Balaban J connectivity index is 2.76. The van der Waals surface area contributed by atoms with E-state index in [-0.39, 0.29) is 6.61 Å². The van der Waals surface area contributed by atoms with Gasteiger partial charge in [-0.15, -0.1) is 0 Å². The summed E-state index contributed by atoms with van der Waals surface area (Å²) in [5, 5.41) is 1.69. The zero-order chi connectivity index (χ0) is 17.0. The first-order valence-electron chi connectivity index (χ1n) is 6.60. The molecule has 0 bridgehead atoms. The van der Waals surface area contributed by atoms with E-state index in [9.17, 15) is 22.8 Å². The van der Waals surface area contributed by atoms with Gasteiger partial charge in [0.05, 0.1) is 0 Å². The number of hydrogen-bond donors (Lipinski definition) is 1. The summed E-state index contributed by atoms with van der Waals surface area (Å²) in [5.41, 5.74) is -0.222. The van der Waals surface area contributed by atoms with Crippen molar-refractivity contribution < 1.29 is 27.5 Å². The van der Waals surface area contributed by atoms with Gasteiger partial charge >= 0.3 is 18.1 Å². The number of halogens is 3. The zero-order valence-corrected chi connectivity index (χ0v) is 12.5. The Labute approximate surface area is 126 Å². The van der Waals surface area contributed by atoms with Crippen LogP contribution in [0.1, 0.15) is 26.3 Å². The van der Waals surface area contributed by atoms with E-state index in [0.717, 1.165) is 0 Å². The third-order valence-electron chi connectivity index (χ3n) is 2.86. The standard InChI is InChI=1S/C15H18F3NO3/c1-14(2,3)11(19-13(21)15(16,17)18)12(20)22-9-10-7-5-4-6-8-10/h4-8,11H,9H2,1-3H3,(H,19,21)/t11-/m1/s1. The van der Waals surface area contributed by atoms with Crippen molar-refractivity contribution in [3.8, 4) is 0 Å². The Morgan fingerprint density at radius 1 is 1.14 bits per heavy atom. The Morgan fingerprint density at radius 2 is 1.68 bits per heavy atom. The second-order valence-corrected chi connectivity index (χ2v) is 5.86. The third-order valence-corrected chi connectivity index (χ3v) is 2.86. The van der Waals surface area contributed by atoms with E-state index in [2.05, 4.69) is 0 Å². The maximum Gasteiger partial charge on any atom is 0.471 e. The lowest BCUT2D eigenvalue weighted by Crippen LogP contribution is -2.53. The van der Waals surface area contributed by atoms with E-state index in [0.29, 0.717) is 5.56 Å². The van der Waals surface area contributed by atoms with E-state index in [1.165, 1.54) is 20.8 Å². The second kappa shape index (κ2) is 6.81. The first-order valence-corrected chi connectivity index (χ1v) is 6.60. The lowest BCUT2D eigenvalue weighted by atomic mass is 9.86. The van der Waals surface area contributed by atoms with Gasteiger partial charge in [-0.1, -0.05) is 51.1 Å². The molecule has 1 aromatic carbocycles. The summed E-state index contributed by atoms with van der Waals surface area (Å²) in [5.74, 6) is -3.07. The van der Waals surface area contributed by atoms with Crippen LogP contribution in [-0.4, -0.2) is 24.1 Å². The van der Waals surface area contributed by atoms with Gasteiger partial charge < -0.3 is 10.1 Å². The highest BCUT2D eigenvalue weighted by Crippen LogP contribution is 2.23. The number of esters is 1. The molecule has 0 aromatic heterocycles. The van der Waals surface area contributed by atoms with Crippen LogP contribution in [0.2, 0.25) is 0 Å². The molecule has 0 aliphatic heterocycles. The molecule has 0 heterocycles. The number of rotatable bonds is 4. The SMILES string of the molecule is CC(C)(C)[C@H](NC(=O)C(F)(F)F)C(=O)OCc1ccccc1. The molecule has 0 fully saturated rings. The van der Waals surface area contributed by atoms with Crippen molar-refractivity contribution >= 4 is 11.9 Å². The average Bonchev–Trinajstić information content (AvgIpc) is 2.40. The van der Waals surface area contributed by atoms with E-state index >= 15 is 0 Å². The summed E-state index contributed by atoms with van der Waals surface area (Å²) >= 11 is 0. The van der Waals surface area contributed by atoms with Crippen LogP contribution in [0.4, 0.5) is 13.2 Å². The number of alkyl halides is 3. The molecule has 0 radical (unpaired) electrons. The molecular formula is C15H18F3NO3. The number of benzene rings is 1. The minimum Gasteiger partial charge on any atom is -0.459 e. The molecule has 0 unspecified atom stereocenters. The van der Waals surface area contributed by atoms with E-state index in [1.54, 1.807) is 35.6 Å². The third kappa shape index (κ3) is 5.38. The Morgan fingerprint density at radius 3 is 2.14 bits per heavy atom. The number of amides is 1. The van der Waals surface area contributed by atoms with Gasteiger partial charge in [-0.25, -0.2) is 4.79 Å². The van der Waals surface area contributed by atoms with E-state index in [1.807, 2.05) is 0 Å². The molecule has 1 rings (SSSR count). The summed E-state index contributed by atoms with van der Waals surface area (Å²) in [4.78, 5) is 23.1. The number of hydrogen-bond acceptors (Lipinski definition) is 3. The molecule has 0 spiro atoms. The van der Waals surface area contributed by atoms with Gasteiger partial charge in [0.15, 0.2) is 0 Å². The summed E-state index contributed by atoms with van der Waals surface area (Å²) < 4.78 is 42.1. The highest BCUT2D eigenvalue weighted by molar-refractivity contribution is 5.88. The quantitative estimate of drug-likeness (QED) is 0.869. The topological polar surface area (TPSA) is 55.4 Å². The highest BCUT2D eigenvalue weighted by Gasteiger charge is 2.44. The first kappa shape index (κ1) is 18.0. The molecule has 1 N–H and O–H groups in total. The van der Waals surface area contributed by atoms with Gasteiger partial charge in [-0.2, -0.15) is 13.2 Å². The van der Waals surface area contributed by atoms with Crippen LogP contribution in [-0.2, 0) is 20.9 Å². The fourth-order valence-corrected chi connectivity index (χ4v) is 1.65. The molecule has 0 aliphatic rings. The molecule has 7 heteroatoms. The highest BCUT2D eigenvalue weighted by atomic mass is 19.4. The average molecular weight is 317 g/mol.